The van der Waals surface area contributed by atoms with Crippen molar-refractivity contribution in [2.75, 3.05) is 13.1 Å². The van der Waals surface area contributed by atoms with Gasteiger partial charge >= 0.3 is 5.97 Å². The largest absolute Gasteiger partial charge is 0.489 e. The van der Waals surface area contributed by atoms with E-state index in [1.54, 1.807) is 43.6 Å². The van der Waals surface area contributed by atoms with E-state index in [0.717, 1.165) is 5.56 Å². The third kappa shape index (κ3) is 4.37. The number of hydrogen-bond donors (Lipinski definition) is 1. The second-order valence-corrected chi connectivity index (χ2v) is 6.15. The zero-order chi connectivity index (χ0) is 18.5. The summed E-state index contributed by atoms with van der Waals surface area (Å²) < 4.78 is 11.0. The van der Waals surface area contributed by atoms with E-state index in [1.807, 2.05) is 12.1 Å². The lowest BCUT2D eigenvalue weighted by atomic mass is 10.1. The molecule has 1 N–H and O–H groups in total. The van der Waals surface area contributed by atoms with Gasteiger partial charge in [-0.3, -0.25) is 9.78 Å². The van der Waals surface area contributed by atoms with Crippen molar-refractivity contribution in [3.05, 3.63) is 59.9 Å². The Morgan fingerprint density at radius 2 is 1.88 bits per heavy atom. The molecule has 7 nitrogen and oxygen atoms in total. The smallest absolute Gasteiger partial charge is 0.334 e. The Labute approximate surface area is 151 Å². The second kappa shape index (κ2) is 7.97. The van der Waals surface area contributed by atoms with E-state index in [2.05, 4.69) is 4.98 Å². The molecular formula is C19H20N2O5. The maximum atomic E-state index is 12.6. The highest BCUT2D eigenvalue weighted by molar-refractivity contribution is 5.94. The van der Waals surface area contributed by atoms with Gasteiger partial charge in [-0.1, -0.05) is 0 Å². The molecule has 1 aromatic heterocycles. The number of benzene rings is 1. The van der Waals surface area contributed by atoms with Gasteiger partial charge in [-0.15, -0.1) is 0 Å². The Morgan fingerprint density at radius 1 is 1.19 bits per heavy atom. The molecule has 2 aromatic rings. The molecule has 3 rings (SSSR count). The Balaban J connectivity index is 1.62. The minimum Gasteiger partial charge on any atom is -0.489 e. The molecule has 1 fully saturated rings. The zero-order valence-electron chi connectivity index (χ0n) is 14.4. The summed E-state index contributed by atoms with van der Waals surface area (Å²) in [5.74, 6) is -0.626. The van der Waals surface area contributed by atoms with Crippen LogP contribution in [-0.2, 0) is 16.1 Å². The number of amides is 1. The van der Waals surface area contributed by atoms with E-state index in [0.29, 0.717) is 24.5 Å². The summed E-state index contributed by atoms with van der Waals surface area (Å²) in [5.41, 5.74) is 1.49. The molecule has 1 aliphatic heterocycles. The van der Waals surface area contributed by atoms with Crippen LogP contribution in [0.4, 0.5) is 0 Å². The summed E-state index contributed by atoms with van der Waals surface area (Å²) in [4.78, 5) is 29.3. The first-order valence-electron chi connectivity index (χ1n) is 8.32. The van der Waals surface area contributed by atoms with Gasteiger partial charge < -0.3 is 19.5 Å². The number of carboxylic acid groups (broad SMARTS) is 1. The van der Waals surface area contributed by atoms with Crippen LogP contribution in [0.2, 0.25) is 0 Å². The summed E-state index contributed by atoms with van der Waals surface area (Å²) in [6, 6.07) is 10.6. The molecule has 1 amide bonds. The van der Waals surface area contributed by atoms with E-state index in [1.165, 1.54) is 4.90 Å². The molecule has 1 saturated heterocycles. The van der Waals surface area contributed by atoms with Crippen LogP contribution in [0.3, 0.4) is 0 Å². The van der Waals surface area contributed by atoms with Gasteiger partial charge in [-0.25, -0.2) is 4.79 Å². The predicted octanol–water partition coefficient (Wildman–Crippen LogP) is 1.97. The van der Waals surface area contributed by atoms with Crippen molar-refractivity contribution in [2.45, 2.75) is 25.7 Å². The molecule has 1 aromatic carbocycles. The molecule has 0 spiro atoms. The SMILES string of the molecule is C[C@@H]1CN(C(=O)c2ccc(OCc3ccncc3)cc2)CC(C(=O)O)O1. The van der Waals surface area contributed by atoms with Crippen LogP contribution in [0.1, 0.15) is 22.8 Å². The van der Waals surface area contributed by atoms with E-state index in [-0.39, 0.29) is 18.6 Å². The van der Waals surface area contributed by atoms with Gasteiger partial charge in [0.05, 0.1) is 12.6 Å². The third-order valence-electron chi connectivity index (χ3n) is 4.08. The molecule has 1 unspecified atom stereocenters. The number of carbonyl (C=O) groups is 2. The Bertz CT molecular complexity index is 763. The van der Waals surface area contributed by atoms with E-state index in [9.17, 15) is 9.59 Å². The molecule has 0 aliphatic carbocycles. The Morgan fingerprint density at radius 3 is 2.54 bits per heavy atom. The van der Waals surface area contributed by atoms with Crippen LogP contribution in [0.15, 0.2) is 48.8 Å². The highest BCUT2D eigenvalue weighted by Crippen LogP contribution is 2.18. The summed E-state index contributed by atoms with van der Waals surface area (Å²) in [6.07, 6.45) is 2.09. The van der Waals surface area contributed by atoms with Crippen LogP contribution in [0, 0.1) is 0 Å². The van der Waals surface area contributed by atoms with Gasteiger partial charge in [-0.05, 0) is 48.9 Å². The quantitative estimate of drug-likeness (QED) is 0.881. The second-order valence-electron chi connectivity index (χ2n) is 6.15. The van der Waals surface area contributed by atoms with Crippen molar-refractivity contribution >= 4 is 11.9 Å². The number of ether oxygens (including phenoxy) is 2. The van der Waals surface area contributed by atoms with Crippen molar-refractivity contribution in [3.63, 3.8) is 0 Å². The molecule has 136 valence electrons. The van der Waals surface area contributed by atoms with Gasteiger partial charge in [0, 0.05) is 24.5 Å². The minimum atomic E-state index is -1.06. The Kier molecular flexibility index (Phi) is 5.48. The van der Waals surface area contributed by atoms with Gasteiger partial charge in [-0.2, -0.15) is 0 Å². The van der Waals surface area contributed by atoms with Crippen LogP contribution < -0.4 is 4.74 Å². The van der Waals surface area contributed by atoms with Crippen LogP contribution in [0.5, 0.6) is 5.75 Å². The summed E-state index contributed by atoms with van der Waals surface area (Å²) in [6.45, 7) is 2.57. The number of carbonyl (C=O) groups excluding carboxylic acids is 1. The number of hydrogen-bond acceptors (Lipinski definition) is 5. The van der Waals surface area contributed by atoms with Gasteiger partial charge in [0.1, 0.15) is 12.4 Å². The highest BCUT2D eigenvalue weighted by Gasteiger charge is 2.32. The Hall–Kier alpha value is -2.93. The van der Waals surface area contributed by atoms with E-state index >= 15 is 0 Å². The summed E-state index contributed by atoms with van der Waals surface area (Å²) >= 11 is 0. The number of rotatable bonds is 5. The first-order valence-corrected chi connectivity index (χ1v) is 8.32. The van der Waals surface area contributed by atoms with Crippen molar-refractivity contribution < 1.29 is 24.2 Å². The number of aliphatic carboxylic acids is 1. The molecule has 2 heterocycles. The molecule has 7 heteroatoms. The first kappa shape index (κ1) is 17.9. The number of morpholine rings is 1. The lowest BCUT2D eigenvalue weighted by molar-refractivity contribution is -0.160. The number of carboxylic acids is 1. The van der Waals surface area contributed by atoms with Crippen LogP contribution >= 0.6 is 0 Å². The standard InChI is InChI=1S/C19H20N2O5/c1-13-10-21(11-17(26-13)19(23)24)18(22)15-2-4-16(5-3-15)25-12-14-6-8-20-9-7-14/h2-9,13,17H,10-12H2,1H3,(H,23,24)/t13-,17?/m1/s1. The van der Waals surface area contributed by atoms with E-state index in [4.69, 9.17) is 14.6 Å². The molecule has 26 heavy (non-hydrogen) atoms. The average Bonchev–Trinajstić information content (AvgIpc) is 2.66. The minimum absolute atomic E-state index is 0.0405. The topological polar surface area (TPSA) is 89.0 Å². The van der Waals surface area contributed by atoms with Crippen molar-refractivity contribution in [1.82, 2.24) is 9.88 Å². The van der Waals surface area contributed by atoms with Crippen LogP contribution in [-0.4, -0.2) is 52.2 Å². The lowest BCUT2D eigenvalue weighted by Gasteiger charge is -2.35. The fraction of sp³-hybridized carbons (Fsp3) is 0.316. The first-order chi connectivity index (χ1) is 12.5. The van der Waals surface area contributed by atoms with Crippen molar-refractivity contribution in [3.8, 4) is 5.75 Å². The van der Waals surface area contributed by atoms with Crippen molar-refractivity contribution in [2.24, 2.45) is 0 Å². The zero-order valence-corrected chi connectivity index (χ0v) is 14.4. The monoisotopic (exact) mass is 356 g/mol. The number of nitrogens with zero attached hydrogens (tertiary/aromatic N) is 2. The normalized spacial score (nSPS) is 19.8. The molecule has 0 bridgehead atoms. The van der Waals surface area contributed by atoms with Crippen molar-refractivity contribution in [1.29, 1.82) is 0 Å². The third-order valence-corrected chi connectivity index (χ3v) is 4.08. The summed E-state index contributed by atoms with van der Waals surface area (Å²) in [5, 5.41) is 9.13. The van der Waals surface area contributed by atoms with Gasteiger partial charge in [0.25, 0.3) is 5.91 Å². The average molecular weight is 356 g/mol. The summed E-state index contributed by atoms with van der Waals surface area (Å²) in [7, 11) is 0. The fourth-order valence-corrected chi connectivity index (χ4v) is 2.78. The maximum Gasteiger partial charge on any atom is 0.334 e. The van der Waals surface area contributed by atoms with E-state index < -0.39 is 12.1 Å². The fourth-order valence-electron chi connectivity index (χ4n) is 2.78. The molecule has 1 aliphatic rings. The number of aromatic nitrogens is 1. The van der Waals surface area contributed by atoms with Crippen LogP contribution in [0.25, 0.3) is 0 Å². The molecule has 0 saturated carbocycles. The van der Waals surface area contributed by atoms with Gasteiger partial charge in [0.2, 0.25) is 0 Å². The number of pyridine rings is 1. The highest BCUT2D eigenvalue weighted by atomic mass is 16.5. The van der Waals surface area contributed by atoms with Gasteiger partial charge in [0.15, 0.2) is 6.10 Å². The molecule has 2 atom stereocenters. The molecule has 0 radical (unpaired) electrons. The maximum absolute atomic E-state index is 12.6. The lowest BCUT2D eigenvalue weighted by Crippen LogP contribution is -2.51. The molecular weight excluding hydrogens is 336 g/mol. The predicted molar refractivity (Wildman–Crippen MR) is 92.9 cm³/mol.